The van der Waals surface area contributed by atoms with Crippen LogP contribution in [-0.2, 0) is 0 Å². The molecule has 0 aliphatic carbocycles. The van der Waals surface area contributed by atoms with Gasteiger partial charge < -0.3 is 0 Å². The number of hydrogen-bond acceptors (Lipinski definition) is 4. The fourth-order valence-corrected chi connectivity index (χ4v) is 2.30. The molecule has 0 aliphatic rings. The van der Waals surface area contributed by atoms with E-state index >= 15 is 0 Å². The summed E-state index contributed by atoms with van der Waals surface area (Å²) in [4.78, 5) is 19.9. The highest BCUT2D eigenvalue weighted by molar-refractivity contribution is 7.18. The van der Waals surface area contributed by atoms with Crippen molar-refractivity contribution in [3.8, 4) is 10.7 Å². The molecule has 0 radical (unpaired) electrons. The first-order chi connectivity index (χ1) is 7.18. The molecule has 0 aromatic carbocycles. The van der Waals surface area contributed by atoms with E-state index in [1.54, 1.807) is 13.1 Å². The minimum absolute atomic E-state index is 0. The van der Waals surface area contributed by atoms with E-state index < -0.39 is 5.24 Å². The molecular weight excluding hydrogens is 267 g/mol. The van der Waals surface area contributed by atoms with Crippen LogP contribution in [0.25, 0.3) is 10.7 Å². The van der Waals surface area contributed by atoms with Gasteiger partial charge in [0.15, 0.2) is 0 Å². The normalized spacial score (nSPS) is 9.62. The highest BCUT2D eigenvalue weighted by Crippen LogP contribution is 2.27. The van der Waals surface area contributed by atoms with Gasteiger partial charge in [-0.1, -0.05) is 6.07 Å². The Kier molecular flexibility index (Phi) is 4.41. The Labute approximate surface area is 108 Å². The maximum atomic E-state index is 11.0. The van der Waals surface area contributed by atoms with E-state index in [1.165, 1.54) is 11.3 Å². The summed E-state index contributed by atoms with van der Waals surface area (Å²) in [7, 11) is 0. The predicted octanol–water partition coefficient (Wildman–Crippen LogP) is 3.31. The van der Waals surface area contributed by atoms with E-state index in [0.717, 1.165) is 10.7 Å². The summed E-state index contributed by atoms with van der Waals surface area (Å²) in [5.74, 6) is 0. The summed E-state index contributed by atoms with van der Waals surface area (Å²) < 4.78 is 0. The zero-order chi connectivity index (χ0) is 10.8. The largest absolute Gasteiger partial charge is 0.275 e. The van der Waals surface area contributed by atoms with Gasteiger partial charge in [-0.25, -0.2) is 4.98 Å². The number of aromatic nitrogens is 2. The van der Waals surface area contributed by atoms with Gasteiger partial charge >= 0.3 is 0 Å². The topological polar surface area (TPSA) is 42.9 Å². The molecule has 0 aliphatic heterocycles. The van der Waals surface area contributed by atoms with Crippen LogP contribution in [0.1, 0.15) is 15.4 Å². The first-order valence-corrected chi connectivity index (χ1v) is 5.46. The molecule has 3 nitrogen and oxygen atoms in total. The zero-order valence-electron chi connectivity index (χ0n) is 8.31. The molecule has 0 amide bonds. The molecule has 0 bridgehead atoms. The number of carbonyl (C=O) groups is 1. The quantitative estimate of drug-likeness (QED) is 0.790. The summed E-state index contributed by atoms with van der Waals surface area (Å²) in [5.41, 5.74) is 1.41. The molecule has 2 heterocycles. The molecule has 6 heteroatoms. The minimum Gasteiger partial charge on any atom is -0.275 e. The highest BCUT2D eigenvalue weighted by atomic mass is 35.5. The molecule has 0 saturated heterocycles. The van der Waals surface area contributed by atoms with Crippen molar-refractivity contribution >= 4 is 40.6 Å². The second kappa shape index (κ2) is 5.39. The van der Waals surface area contributed by atoms with Gasteiger partial charge in [0.1, 0.15) is 9.88 Å². The summed E-state index contributed by atoms with van der Waals surface area (Å²) in [6, 6.07) is 5.56. The van der Waals surface area contributed by atoms with E-state index in [4.69, 9.17) is 11.6 Å². The maximum absolute atomic E-state index is 11.0. The number of pyridine rings is 1. The molecule has 2 aromatic heterocycles. The zero-order valence-corrected chi connectivity index (χ0v) is 10.7. The third kappa shape index (κ3) is 2.58. The molecule has 16 heavy (non-hydrogen) atoms. The lowest BCUT2D eigenvalue weighted by atomic mass is 10.3. The second-order valence-corrected chi connectivity index (χ2v) is 4.26. The van der Waals surface area contributed by atoms with Crippen LogP contribution in [0.3, 0.4) is 0 Å². The van der Waals surface area contributed by atoms with Crippen molar-refractivity contribution in [3.63, 3.8) is 0 Å². The summed E-state index contributed by atoms with van der Waals surface area (Å²) >= 11 is 6.69. The van der Waals surface area contributed by atoms with E-state index in [-0.39, 0.29) is 12.4 Å². The SMILES string of the molecule is Cc1nc(-c2ccccn2)sc1C(=O)Cl.Cl. The van der Waals surface area contributed by atoms with Gasteiger partial charge in [-0.05, 0) is 30.7 Å². The third-order valence-corrected chi connectivity index (χ3v) is 3.34. The lowest BCUT2D eigenvalue weighted by Gasteiger charge is -1.91. The third-order valence-electron chi connectivity index (χ3n) is 1.86. The van der Waals surface area contributed by atoms with Crippen LogP contribution < -0.4 is 0 Å². The Bertz CT molecular complexity index is 499. The molecule has 0 spiro atoms. The van der Waals surface area contributed by atoms with Crippen LogP contribution in [0.5, 0.6) is 0 Å². The van der Waals surface area contributed by atoms with Crippen LogP contribution in [0.15, 0.2) is 24.4 Å². The Balaban J connectivity index is 0.00000128. The standard InChI is InChI=1S/C10H7ClN2OS.ClH/c1-6-8(9(11)14)15-10(13-6)7-4-2-3-5-12-7;/h2-5H,1H3;1H. The summed E-state index contributed by atoms with van der Waals surface area (Å²) in [6.45, 7) is 1.76. The second-order valence-electron chi connectivity index (χ2n) is 2.92. The van der Waals surface area contributed by atoms with E-state index in [0.29, 0.717) is 10.6 Å². The van der Waals surface area contributed by atoms with Gasteiger partial charge in [0.05, 0.1) is 11.4 Å². The van der Waals surface area contributed by atoms with Crippen molar-refractivity contribution in [1.82, 2.24) is 9.97 Å². The first kappa shape index (κ1) is 13.1. The smallest absolute Gasteiger partial charge is 0.264 e. The van der Waals surface area contributed by atoms with Crippen molar-refractivity contribution in [2.24, 2.45) is 0 Å². The van der Waals surface area contributed by atoms with E-state index in [2.05, 4.69) is 9.97 Å². The Morgan fingerprint density at radius 3 is 2.69 bits per heavy atom. The molecule has 84 valence electrons. The number of rotatable bonds is 2. The molecule has 2 aromatic rings. The van der Waals surface area contributed by atoms with E-state index in [1.807, 2.05) is 18.2 Å². The number of carbonyl (C=O) groups excluding carboxylic acids is 1. The summed E-state index contributed by atoms with van der Waals surface area (Å²) in [5, 5.41) is 0.254. The lowest BCUT2D eigenvalue weighted by molar-refractivity contribution is 0.108. The van der Waals surface area contributed by atoms with Gasteiger partial charge in [0, 0.05) is 6.20 Å². The Hall–Kier alpha value is -0.970. The highest BCUT2D eigenvalue weighted by Gasteiger charge is 2.14. The molecule has 0 unspecified atom stereocenters. The number of nitrogens with zero attached hydrogens (tertiary/aromatic N) is 2. The van der Waals surface area contributed by atoms with Gasteiger partial charge in [0.25, 0.3) is 5.24 Å². The summed E-state index contributed by atoms with van der Waals surface area (Å²) in [6.07, 6.45) is 1.69. The fraction of sp³-hybridized carbons (Fsp3) is 0.100. The minimum atomic E-state index is -0.466. The molecule has 0 N–H and O–H groups in total. The van der Waals surface area contributed by atoms with Crippen LogP contribution in [0.2, 0.25) is 0 Å². The Morgan fingerprint density at radius 1 is 1.44 bits per heavy atom. The number of aryl methyl sites for hydroxylation is 1. The molecular formula is C10H8Cl2N2OS. The molecule has 0 saturated carbocycles. The average Bonchev–Trinajstić information content (AvgIpc) is 2.62. The Morgan fingerprint density at radius 2 is 2.19 bits per heavy atom. The van der Waals surface area contributed by atoms with E-state index in [9.17, 15) is 4.79 Å². The van der Waals surface area contributed by atoms with Crippen molar-refractivity contribution in [1.29, 1.82) is 0 Å². The van der Waals surface area contributed by atoms with Crippen molar-refractivity contribution < 1.29 is 4.79 Å². The average molecular weight is 275 g/mol. The van der Waals surface area contributed by atoms with Crippen LogP contribution in [0, 0.1) is 6.92 Å². The monoisotopic (exact) mass is 274 g/mol. The maximum Gasteiger partial charge on any atom is 0.264 e. The number of thiazole rings is 1. The van der Waals surface area contributed by atoms with Gasteiger partial charge in [-0.3, -0.25) is 9.78 Å². The number of halogens is 2. The predicted molar refractivity (Wildman–Crippen MR) is 67.5 cm³/mol. The van der Waals surface area contributed by atoms with Crippen molar-refractivity contribution in [2.45, 2.75) is 6.92 Å². The van der Waals surface area contributed by atoms with Crippen molar-refractivity contribution in [3.05, 3.63) is 35.0 Å². The van der Waals surface area contributed by atoms with Crippen LogP contribution in [0.4, 0.5) is 0 Å². The van der Waals surface area contributed by atoms with Crippen LogP contribution >= 0.6 is 35.3 Å². The molecule has 2 rings (SSSR count). The van der Waals surface area contributed by atoms with Crippen molar-refractivity contribution in [2.75, 3.05) is 0 Å². The van der Waals surface area contributed by atoms with Gasteiger partial charge in [0.2, 0.25) is 0 Å². The van der Waals surface area contributed by atoms with Gasteiger partial charge in [-0.2, -0.15) is 0 Å². The molecule has 0 fully saturated rings. The first-order valence-electron chi connectivity index (χ1n) is 4.27. The fourth-order valence-electron chi connectivity index (χ4n) is 1.18. The van der Waals surface area contributed by atoms with Crippen LogP contribution in [-0.4, -0.2) is 15.2 Å². The molecule has 0 atom stereocenters. The number of hydrogen-bond donors (Lipinski definition) is 0. The lowest BCUT2D eigenvalue weighted by Crippen LogP contribution is -1.86. The van der Waals surface area contributed by atoms with Gasteiger partial charge in [-0.15, -0.1) is 23.7 Å².